The Bertz CT molecular complexity index is 714. The Hall–Kier alpha value is -1.89. The van der Waals surface area contributed by atoms with Crippen molar-refractivity contribution in [3.8, 4) is 0 Å². The van der Waals surface area contributed by atoms with E-state index in [2.05, 4.69) is 4.72 Å². The van der Waals surface area contributed by atoms with Gasteiger partial charge < -0.3 is 10.5 Å². The third kappa shape index (κ3) is 4.04. The molecule has 0 atom stereocenters. The Morgan fingerprint density at radius 1 is 1.10 bits per heavy atom. The predicted molar refractivity (Wildman–Crippen MR) is 82.3 cm³/mol. The number of nitrogens with one attached hydrogen (secondary N) is 1. The summed E-state index contributed by atoms with van der Waals surface area (Å²) in [4.78, 5) is 0.197. The van der Waals surface area contributed by atoms with Crippen LogP contribution in [0.4, 0.5) is 5.69 Å². The minimum absolute atomic E-state index is 0.197. The number of benzene rings is 2. The van der Waals surface area contributed by atoms with Crippen molar-refractivity contribution in [2.45, 2.75) is 18.0 Å². The van der Waals surface area contributed by atoms with Gasteiger partial charge in [-0.15, -0.1) is 0 Å². The maximum atomic E-state index is 12.4. The van der Waals surface area contributed by atoms with Gasteiger partial charge in [0.25, 0.3) is 10.0 Å². The van der Waals surface area contributed by atoms with E-state index < -0.39 is 10.0 Å². The SMILES string of the molecule is COCc1cccc(NS(=O)(=O)c2cccc(CN)c2)c1. The van der Waals surface area contributed by atoms with Gasteiger partial charge in [0.2, 0.25) is 0 Å². The Morgan fingerprint density at radius 3 is 2.52 bits per heavy atom. The molecule has 0 aliphatic rings. The van der Waals surface area contributed by atoms with Crippen LogP contribution in [0, 0.1) is 0 Å². The van der Waals surface area contributed by atoms with Crippen LogP contribution in [-0.2, 0) is 27.9 Å². The van der Waals surface area contributed by atoms with Crippen molar-refractivity contribution in [1.29, 1.82) is 0 Å². The number of hydrogen-bond donors (Lipinski definition) is 2. The highest BCUT2D eigenvalue weighted by atomic mass is 32.2. The van der Waals surface area contributed by atoms with E-state index in [9.17, 15) is 8.42 Å². The molecule has 112 valence electrons. The molecule has 0 amide bonds. The molecule has 2 aromatic rings. The maximum Gasteiger partial charge on any atom is 0.261 e. The van der Waals surface area contributed by atoms with E-state index in [-0.39, 0.29) is 4.90 Å². The van der Waals surface area contributed by atoms with Gasteiger partial charge in [0.1, 0.15) is 0 Å². The van der Waals surface area contributed by atoms with Crippen LogP contribution in [0.5, 0.6) is 0 Å². The zero-order valence-electron chi connectivity index (χ0n) is 11.7. The van der Waals surface area contributed by atoms with Crippen LogP contribution in [-0.4, -0.2) is 15.5 Å². The van der Waals surface area contributed by atoms with Crippen LogP contribution < -0.4 is 10.5 Å². The Morgan fingerprint density at radius 2 is 1.81 bits per heavy atom. The molecule has 0 unspecified atom stereocenters. The molecule has 0 spiro atoms. The van der Waals surface area contributed by atoms with E-state index in [4.69, 9.17) is 10.5 Å². The summed E-state index contributed by atoms with van der Waals surface area (Å²) in [6, 6.07) is 13.7. The van der Waals surface area contributed by atoms with Crippen molar-refractivity contribution in [1.82, 2.24) is 0 Å². The van der Waals surface area contributed by atoms with Crippen LogP contribution >= 0.6 is 0 Å². The first kappa shape index (κ1) is 15.5. The van der Waals surface area contributed by atoms with Crippen molar-refractivity contribution in [3.63, 3.8) is 0 Å². The molecule has 0 aliphatic heterocycles. The highest BCUT2D eigenvalue weighted by molar-refractivity contribution is 7.92. The van der Waals surface area contributed by atoms with Crippen LogP contribution in [0.2, 0.25) is 0 Å². The number of anilines is 1. The lowest BCUT2D eigenvalue weighted by Gasteiger charge is -2.10. The summed E-state index contributed by atoms with van der Waals surface area (Å²) in [6.45, 7) is 0.727. The summed E-state index contributed by atoms with van der Waals surface area (Å²) in [5.74, 6) is 0. The minimum Gasteiger partial charge on any atom is -0.380 e. The highest BCUT2D eigenvalue weighted by Gasteiger charge is 2.14. The van der Waals surface area contributed by atoms with Crippen molar-refractivity contribution in [3.05, 3.63) is 59.7 Å². The summed E-state index contributed by atoms with van der Waals surface area (Å²) >= 11 is 0. The molecule has 0 aromatic heterocycles. The zero-order valence-corrected chi connectivity index (χ0v) is 12.6. The normalized spacial score (nSPS) is 11.3. The summed E-state index contributed by atoms with van der Waals surface area (Å²) in [7, 11) is -2.03. The largest absolute Gasteiger partial charge is 0.380 e. The lowest BCUT2D eigenvalue weighted by molar-refractivity contribution is 0.185. The van der Waals surface area contributed by atoms with Crippen molar-refractivity contribution in [2.75, 3.05) is 11.8 Å². The molecule has 0 saturated carbocycles. The summed E-state index contributed by atoms with van der Waals surface area (Å²) in [5, 5.41) is 0. The van der Waals surface area contributed by atoms with Crippen LogP contribution in [0.3, 0.4) is 0 Å². The van der Waals surface area contributed by atoms with E-state index in [1.165, 1.54) is 0 Å². The van der Waals surface area contributed by atoms with Gasteiger partial charge in [0.15, 0.2) is 0 Å². The number of rotatable bonds is 6. The Kier molecular flexibility index (Phi) is 4.95. The predicted octanol–water partition coefficient (Wildman–Crippen LogP) is 2.09. The van der Waals surface area contributed by atoms with Gasteiger partial charge in [-0.05, 0) is 35.4 Å². The second kappa shape index (κ2) is 6.71. The molecular weight excluding hydrogens is 288 g/mol. The first-order valence-electron chi connectivity index (χ1n) is 6.45. The smallest absolute Gasteiger partial charge is 0.261 e. The molecule has 2 aromatic carbocycles. The summed E-state index contributed by atoms with van der Waals surface area (Å²) in [6.07, 6.45) is 0. The van der Waals surface area contributed by atoms with Gasteiger partial charge in [-0.2, -0.15) is 0 Å². The number of hydrogen-bond acceptors (Lipinski definition) is 4. The second-order valence-electron chi connectivity index (χ2n) is 4.59. The van der Waals surface area contributed by atoms with Crippen molar-refractivity contribution >= 4 is 15.7 Å². The molecule has 0 fully saturated rings. The molecule has 5 nitrogen and oxygen atoms in total. The number of sulfonamides is 1. The first-order chi connectivity index (χ1) is 10.0. The van der Waals surface area contributed by atoms with Gasteiger partial charge in [0, 0.05) is 19.3 Å². The second-order valence-corrected chi connectivity index (χ2v) is 6.27. The van der Waals surface area contributed by atoms with Crippen LogP contribution in [0.25, 0.3) is 0 Å². The number of ether oxygens (including phenoxy) is 1. The number of nitrogens with two attached hydrogens (primary N) is 1. The van der Waals surface area contributed by atoms with Gasteiger partial charge in [0.05, 0.1) is 11.5 Å². The van der Waals surface area contributed by atoms with Gasteiger partial charge in [-0.25, -0.2) is 8.42 Å². The molecule has 2 rings (SSSR count). The molecule has 6 heteroatoms. The maximum absolute atomic E-state index is 12.4. The number of methoxy groups -OCH3 is 1. The Labute approximate surface area is 124 Å². The standard InChI is InChI=1S/C15H18N2O3S/c1-20-11-13-5-2-6-14(8-13)17-21(18,19)15-7-3-4-12(9-15)10-16/h2-9,17H,10-11,16H2,1H3. The summed E-state index contributed by atoms with van der Waals surface area (Å²) < 4.78 is 32.3. The third-order valence-corrected chi connectivity index (χ3v) is 4.31. The van der Waals surface area contributed by atoms with E-state index >= 15 is 0 Å². The monoisotopic (exact) mass is 306 g/mol. The molecule has 3 N–H and O–H groups in total. The molecule has 0 bridgehead atoms. The zero-order chi connectivity index (χ0) is 15.3. The van der Waals surface area contributed by atoms with Crippen molar-refractivity contribution < 1.29 is 13.2 Å². The van der Waals surface area contributed by atoms with Crippen LogP contribution in [0.1, 0.15) is 11.1 Å². The van der Waals surface area contributed by atoms with Crippen LogP contribution in [0.15, 0.2) is 53.4 Å². The van der Waals surface area contributed by atoms with Gasteiger partial charge in [-0.1, -0.05) is 24.3 Å². The van der Waals surface area contributed by atoms with Crippen molar-refractivity contribution in [2.24, 2.45) is 5.73 Å². The minimum atomic E-state index is -3.62. The van der Waals surface area contributed by atoms with Gasteiger partial charge in [-0.3, -0.25) is 4.72 Å². The molecule has 21 heavy (non-hydrogen) atoms. The fourth-order valence-corrected chi connectivity index (χ4v) is 3.06. The topological polar surface area (TPSA) is 81.4 Å². The molecule has 0 radical (unpaired) electrons. The molecule has 0 heterocycles. The Balaban J connectivity index is 2.26. The van der Waals surface area contributed by atoms with E-state index in [0.29, 0.717) is 18.8 Å². The molecule has 0 aliphatic carbocycles. The first-order valence-corrected chi connectivity index (χ1v) is 7.93. The summed E-state index contributed by atoms with van der Waals surface area (Å²) in [5.41, 5.74) is 7.71. The lowest BCUT2D eigenvalue weighted by Crippen LogP contribution is -2.13. The quantitative estimate of drug-likeness (QED) is 0.856. The average molecular weight is 306 g/mol. The fraction of sp³-hybridized carbons (Fsp3) is 0.200. The van der Waals surface area contributed by atoms with E-state index in [0.717, 1.165) is 11.1 Å². The molecule has 0 saturated heterocycles. The highest BCUT2D eigenvalue weighted by Crippen LogP contribution is 2.18. The fourth-order valence-electron chi connectivity index (χ4n) is 1.94. The van der Waals surface area contributed by atoms with E-state index in [1.807, 2.05) is 6.07 Å². The molecular formula is C15H18N2O3S. The average Bonchev–Trinajstić information content (AvgIpc) is 2.47. The third-order valence-electron chi connectivity index (χ3n) is 2.93. The van der Waals surface area contributed by atoms with Gasteiger partial charge >= 0.3 is 0 Å². The van der Waals surface area contributed by atoms with E-state index in [1.54, 1.807) is 49.6 Å². The lowest BCUT2D eigenvalue weighted by atomic mass is 10.2.